The number of imidazole rings is 1. The molecule has 1 aromatic heterocycles. The lowest BCUT2D eigenvalue weighted by Gasteiger charge is -2.11. The number of phenols is 1. The maximum absolute atomic E-state index is 14.8. The lowest BCUT2D eigenvalue weighted by atomic mass is 10.1. The Bertz CT molecular complexity index is 1080. The highest BCUT2D eigenvalue weighted by Gasteiger charge is 2.22. The number of aliphatic hydroxyl groups is 1. The molecule has 0 unspecified atom stereocenters. The van der Waals surface area contributed by atoms with Crippen molar-refractivity contribution in [2.75, 3.05) is 5.32 Å². The van der Waals surface area contributed by atoms with Gasteiger partial charge < -0.3 is 20.1 Å². The topological polar surface area (TPSA) is 87.4 Å². The average molecular weight is 422 g/mol. The summed E-state index contributed by atoms with van der Waals surface area (Å²) in [6.07, 6.45) is 0.529. The first-order valence-electron chi connectivity index (χ1n) is 8.72. The third kappa shape index (κ3) is 3.81. The van der Waals surface area contributed by atoms with Gasteiger partial charge in [0, 0.05) is 7.05 Å². The minimum absolute atomic E-state index is 0.0356. The van der Waals surface area contributed by atoms with Crippen molar-refractivity contribution < 1.29 is 23.8 Å². The van der Waals surface area contributed by atoms with Crippen molar-refractivity contribution in [3.63, 3.8) is 0 Å². The highest BCUT2D eigenvalue weighted by Crippen LogP contribution is 2.32. The standard InChI is InChI=1S/C20H18ClF2N3O3/c1-3-15-16(9-27)26(2)19(24-15)10-8-17(28)11(7-14(10)23)20(29)25-18-12(21)5-4-6-13(18)22/h4-8,27-28H,3,9H2,1-2H3,(H,25,29). The summed E-state index contributed by atoms with van der Waals surface area (Å²) in [4.78, 5) is 16.8. The summed E-state index contributed by atoms with van der Waals surface area (Å²) >= 11 is 5.88. The van der Waals surface area contributed by atoms with Crippen molar-refractivity contribution in [2.24, 2.45) is 7.05 Å². The molecular weight excluding hydrogens is 404 g/mol. The number of anilines is 1. The number of aryl methyl sites for hydroxylation is 1. The van der Waals surface area contributed by atoms with Crippen LogP contribution < -0.4 is 5.32 Å². The predicted molar refractivity (Wildman–Crippen MR) is 105 cm³/mol. The van der Waals surface area contributed by atoms with E-state index in [2.05, 4.69) is 10.3 Å². The van der Waals surface area contributed by atoms with Crippen LogP contribution in [0.25, 0.3) is 11.4 Å². The van der Waals surface area contributed by atoms with Crippen LogP contribution >= 0.6 is 11.6 Å². The lowest BCUT2D eigenvalue weighted by Crippen LogP contribution is -2.14. The van der Waals surface area contributed by atoms with Crippen LogP contribution in [0.15, 0.2) is 30.3 Å². The van der Waals surface area contributed by atoms with Crippen LogP contribution in [0.1, 0.15) is 28.7 Å². The highest BCUT2D eigenvalue weighted by molar-refractivity contribution is 6.34. The van der Waals surface area contributed by atoms with Gasteiger partial charge in [0.05, 0.1) is 39.8 Å². The van der Waals surface area contributed by atoms with Crippen molar-refractivity contribution in [3.05, 3.63) is 63.9 Å². The molecule has 6 nitrogen and oxygen atoms in total. The number of aromatic nitrogens is 2. The largest absolute Gasteiger partial charge is 0.507 e. The molecule has 1 heterocycles. The Morgan fingerprint density at radius 3 is 2.59 bits per heavy atom. The Labute approximate surface area is 170 Å². The molecular formula is C20H18ClF2N3O3. The first-order chi connectivity index (χ1) is 13.8. The van der Waals surface area contributed by atoms with E-state index < -0.39 is 28.9 Å². The first-order valence-corrected chi connectivity index (χ1v) is 9.09. The van der Waals surface area contributed by atoms with Crippen LogP contribution in [0, 0.1) is 11.6 Å². The summed E-state index contributed by atoms with van der Waals surface area (Å²) in [5.41, 5.74) is 0.419. The van der Waals surface area contributed by atoms with Crippen LogP contribution in [-0.2, 0) is 20.1 Å². The number of nitrogens with zero attached hydrogens (tertiary/aromatic N) is 2. The van der Waals surface area contributed by atoms with Gasteiger partial charge in [-0.1, -0.05) is 24.6 Å². The molecule has 0 aliphatic carbocycles. The fourth-order valence-electron chi connectivity index (χ4n) is 3.02. The molecule has 0 saturated carbocycles. The van der Waals surface area contributed by atoms with Crippen molar-refractivity contribution >= 4 is 23.2 Å². The maximum Gasteiger partial charge on any atom is 0.259 e. The van der Waals surface area contributed by atoms with Crippen LogP contribution in [0.2, 0.25) is 5.02 Å². The summed E-state index contributed by atoms with van der Waals surface area (Å²) in [7, 11) is 1.62. The Hall–Kier alpha value is -2.97. The predicted octanol–water partition coefficient (Wildman–Crippen LogP) is 4.03. The van der Waals surface area contributed by atoms with Crippen molar-refractivity contribution in [1.82, 2.24) is 9.55 Å². The number of aromatic hydroxyl groups is 1. The number of carbonyl (C=O) groups excluding carboxylic acids is 1. The van der Waals surface area contributed by atoms with Crippen molar-refractivity contribution in [3.8, 4) is 17.1 Å². The molecule has 1 amide bonds. The van der Waals surface area contributed by atoms with Gasteiger partial charge in [0.25, 0.3) is 5.91 Å². The Kier molecular flexibility index (Phi) is 5.86. The van der Waals surface area contributed by atoms with Crippen LogP contribution in [0.4, 0.5) is 14.5 Å². The molecule has 3 rings (SSSR count). The van der Waals surface area contributed by atoms with Gasteiger partial charge in [0.15, 0.2) is 0 Å². The van der Waals surface area contributed by atoms with Crippen LogP contribution in [-0.4, -0.2) is 25.7 Å². The van der Waals surface area contributed by atoms with E-state index in [0.29, 0.717) is 17.8 Å². The number of phenolic OH excluding ortho intramolecular Hbond substituents is 1. The minimum Gasteiger partial charge on any atom is -0.507 e. The summed E-state index contributed by atoms with van der Waals surface area (Å²) in [6.45, 7) is 1.57. The summed E-state index contributed by atoms with van der Waals surface area (Å²) < 4.78 is 30.2. The molecule has 0 aliphatic heterocycles. The normalized spacial score (nSPS) is 11.0. The van der Waals surface area contributed by atoms with E-state index in [1.54, 1.807) is 7.05 Å². The van der Waals surface area contributed by atoms with E-state index >= 15 is 0 Å². The van der Waals surface area contributed by atoms with Gasteiger partial charge in [-0.15, -0.1) is 0 Å². The summed E-state index contributed by atoms with van der Waals surface area (Å²) in [5, 5.41) is 22.0. The van der Waals surface area contributed by atoms with E-state index in [1.807, 2.05) is 6.92 Å². The Morgan fingerprint density at radius 2 is 2.00 bits per heavy atom. The third-order valence-corrected chi connectivity index (χ3v) is 4.87. The molecule has 0 radical (unpaired) electrons. The molecule has 0 bridgehead atoms. The molecule has 152 valence electrons. The molecule has 9 heteroatoms. The monoisotopic (exact) mass is 421 g/mol. The molecule has 3 N–H and O–H groups in total. The molecule has 0 saturated heterocycles. The van der Waals surface area contributed by atoms with E-state index in [-0.39, 0.29) is 28.7 Å². The number of hydrogen-bond acceptors (Lipinski definition) is 4. The number of benzene rings is 2. The van der Waals surface area contributed by atoms with E-state index in [1.165, 1.54) is 16.7 Å². The van der Waals surface area contributed by atoms with Crippen molar-refractivity contribution in [2.45, 2.75) is 20.0 Å². The van der Waals surface area contributed by atoms with Crippen LogP contribution in [0.5, 0.6) is 5.75 Å². The summed E-state index contributed by atoms with van der Waals surface area (Å²) in [6, 6.07) is 5.77. The Morgan fingerprint density at radius 1 is 1.28 bits per heavy atom. The smallest absolute Gasteiger partial charge is 0.259 e. The second-order valence-electron chi connectivity index (χ2n) is 6.30. The number of para-hydroxylation sites is 1. The fraction of sp³-hybridized carbons (Fsp3) is 0.200. The van der Waals surface area contributed by atoms with Crippen LogP contribution in [0.3, 0.4) is 0 Å². The molecule has 29 heavy (non-hydrogen) atoms. The van der Waals surface area contributed by atoms with E-state index in [0.717, 1.165) is 18.2 Å². The number of amides is 1. The number of hydrogen-bond donors (Lipinski definition) is 3. The maximum atomic E-state index is 14.8. The lowest BCUT2D eigenvalue weighted by molar-refractivity contribution is 0.102. The van der Waals surface area contributed by atoms with Gasteiger partial charge in [0.2, 0.25) is 0 Å². The zero-order valence-corrected chi connectivity index (χ0v) is 16.4. The van der Waals surface area contributed by atoms with Gasteiger partial charge in [0.1, 0.15) is 23.2 Å². The molecule has 0 spiro atoms. The third-order valence-electron chi connectivity index (χ3n) is 4.55. The van der Waals surface area contributed by atoms with Gasteiger partial charge in [-0.3, -0.25) is 4.79 Å². The van der Waals surface area contributed by atoms with Gasteiger partial charge >= 0.3 is 0 Å². The zero-order valence-electron chi connectivity index (χ0n) is 15.6. The number of carbonyl (C=O) groups is 1. The second-order valence-corrected chi connectivity index (χ2v) is 6.71. The average Bonchev–Trinajstić information content (AvgIpc) is 3.01. The Balaban J connectivity index is 2.00. The minimum atomic E-state index is -0.926. The van der Waals surface area contributed by atoms with Gasteiger partial charge in [-0.2, -0.15) is 0 Å². The number of aliphatic hydroxyl groups excluding tert-OH is 1. The highest BCUT2D eigenvalue weighted by atomic mass is 35.5. The van der Waals surface area contributed by atoms with E-state index in [4.69, 9.17) is 11.6 Å². The number of rotatable bonds is 5. The second kappa shape index (κ2) is 8.18. The number of halogens is 3. The molecule has 2 aromatic carbocycles. The SMILES string of the molecule is CCc1nc(-c2cc(O)c(C(=O)Nc3c(F)cccc3Cl)cc2F)n(C)c1CO. The molecule has 3 aromatic rings. The van der Waals surface area contributed by atoms with Gasteiger partial charge in [-0.25, -0.2) is 13.8 Å². The van der Waals surface area contributed by atoms with Gasteiger partial charge in [-0.05, 0) is 30.7 Å². The molecule has 0 atom stereocenters. The fourth-order valence-corrected chi connectivity index (χ4v) is 3.23. The van der Waals surface area contributed by atoms with E-state index in [9.17, 15) is 23.8 Å². The zero-order chi connectivity index (χ0) is 21.3. The first kappa shape index (κ1) is 20.8. The molecule has 0 aliphatic rings. The number of nitrogens with one attached hydrogen (secondary N) is 1. The quantitative estimate of drug-likeness (QED) is 0.580. The summed E-state index contributed by atoms with van der Waals surface area (Å²) in [5.74, 6) is -2.82. The van der Waals surface area contributed by atoms with Crippen molar-refractivity contribution in [1.29, 1.82) is 0 Å². The molecule has 0 fully saturated rings.